The van der Waals surface area contributed by atoms with E-state index in [0.29, 0.717) is 52.4 Å². The molecule has 3 heterocycles. The monoisotopic (exact) mass is 415 g/mol. The number of nitrogens with one attached hydrogen (secondary N) is 2. The lowest BCUT2D eigenvalue weighted by Crippen LogP contribution is -2.17. The van der Waals surface area contributed by atoms with Crippen LogP contribution in [0.4, 0.5) is 5.95 Å². The summed E-state index contributed by atoms with van der Waals surface area (Å²) in [5.74, 6) is 1.05. The minimum absolute atomic E-state index is 0.270. The standard InChI is InChI=1S/C18H15Cl2N7O/c19-12-3-2-11(8-13(12)20)9-23-18-25-14-10-24-27(16(14)17(28)26-18)7-4-15-21-5-1-6-22-15/h1-3,5-6,8,10H,4,7,9H2,(H2,23,25,26,28). The number of anilines is 1. The number of hydrogen-bond donors (Lipinski definition) is 2. The van der Waals surface area contributed by atoms with Gasteiger partial charge in [0.1, 0.15) is 11.3 Å². The quantitative estimate of drug-likeness (QED) is 0.501. The number of aromatic nitrogens is 6. The Morgan fingerprint density at radius 3 is 2.75 bits per heavy atom. The highest BCUT2D eigenvalue weighted by atomic mass is 35.5. The van der Waals surface area contributed by atoms with Crippen molar-refractivity contribution in [2.24, 2.45) is 0 Å². The van der Waals surface area contributed by atoms with Crippen molar-refractivity contribution < 1.29 is 0 Å². The van der Waals surface area contributed by atoms with E-state index in [2.05, 4.69) is 30.4 Å². The lowest BCUT2D eigenvalue weighted by molar-refractivity contribution is 0.617. The zero-order valence-electron chi connectivity index (χ0n) is 14.6. The third-order valence-electron chi connectivity index (χ3n) is 4.11. The SMILES string of the molecule is O=c1[nH]c(NCc2ccc(Cl)c(Cl)c2)nc2cnn(CCc3ncccn3)c12. The summed E-state index contributed by atoms with van der Waals surface area (Å²) < 4.78 is 1.61. The molecule has 0 aliphatic rings. The van der Waals surface area contributed by atoms with Crippen molar-refractivity contribution in [1.82, 2.24) is 29.7 Å². The fourth-order valence-electron chi connectivity index (χ4n) is 2.76. The second-order valence-electron chi connectivity index (χ2n) is 6.03. The molecule has 4 aromatic rings. The molecule has 8 nitrogen and oxygen atoms in total. The van der Waals surface area contributed by atoms with Gasteiger partial charge in [-0.3, -0.25) is 14.5 Å². The van der Waals surface area contributed by atoms with Crippen LogP contribution in [0.2, 0.25) is 10.0 Å². The molecule has 0 saturated carbocycles. The first-order valence-corrected chi connectivity index (χ1v) is 9.25. The number of fused-ring (bicyclic) bond motifs is 1. The van der Waals surface area contributed by atoms with Crippen molar-refractivity contribution in [3.8, 4) is 0 Å². The van der Waals surface area contributed by atoms with Gasteiger partial charge in [-0.1, -0.05) is 29.3 Å². The molecule has 0 aliphatic carbocycles. The predicted octanol–water partition coefficient (Wildman–Crippen LogP) is 3.07. The molecular formula is C18H15Cl2N7O. The van der Waals surface area contributed by atoms with Gasteiger partial charge in [-0.2, -0.15) is 5.10 Å². The normalized spacial score (nSPS) is 11.1. The van der Waals surface area contributed by atoms with Crippen LogP contribution < -0.4 is 10.9 Å². The minimum Gasteiger partial charge on any atom is -0.352 e. The zero-order valence-corrected chi connectivity index (χ0v) is 16.1. The third-order valence-corrected chi connectivity index (χ3v) is 4.85. The van der Waals surface area contributed by atoms with Gasteiger partial charge >= 0.3 is 0 Å². The molecule has 2 N–H and O–H groups in total. The summed E-state index contributed by atoms with van der Waals surface area (Å²) in [6.07, 6.45) is 5.50. The van der Waals surface area contributed by atoms with Crippen LogP contribution in [0.3, 0.4) is 0 Å². The molecule has 0 amide bonds. The van der Waals surface area contributed by atoms with Crippen LogP contribution in [0, 0.1) is 0 Å². The van der Waals surface area contributed by atoms with Crippen LogP contribution in [0.15, 0.2) is 47.7 Å². The average molecular weight is 416 g/mol. The van der Waals surface area contributed by atoms with E-state index in [4.69, 9.17) is 23.2 Å². The summed E-state index contributed by atoms with van der Waals surface area (Å²) in [6.45, 7) is 0.916. The van der Waals surface area contributed by atoms with Crippen molar-refractivity contribution >= 4 is 40.2 Å². The molecule has 0 aliphatic heterocycles. The predicted molar refractivity (Wildman–Crippen MR) is 108 cm³/mol. The van der Waals surface area contributed by atoms with Crippen LogP contribution in [-0.4, -0.2) is 29.7 Å². The number of aryl methyl sites for hydroxylation is 2. The zero-order chi connectivity index (χ0) is 19.5. The summed E-state index contributed by atoms with van der Waals surface area (Å²) in [4.78, 5) is 28.1. The van der Waals surface area contributed by atoms with E-state index in [1.807, 2.05) is 6.07 Å². The largest absolute Gasteiger partial charge is 0.352 e. The maximum atomic E-state index is 12.5. The highest BCUT2D eigenvalue weighted by Crippen LogP contribution is 2.22. The van der Waals surface area contributed by atoms with Gasteiger partial charge in [0.15, 0.2) is 5.52 Å². The Bertz CT molecular complexity index is 1170. The molecular weight excluding hydrogens is 401 g/mol. The Labute approximate surface area is 169 Å². The van der Waals surface area contributed by atoms with E-state index in [1.54, 1.807) is 41.5 Å². The second-order valence-corrected chi connectivity index (χ2v) is 6.85. The smallest absolute Gasteiger partial charge is 0.278 e. The van der Waals surface area contributed by atoms with Gasteiger partial charge in [-0.15, -0.1) is 0 Å². The Morgan fingerprint density at radius 2 is 1.96 bits per heavy atom. The van der Waals surface area contributed by atoms with E-state index >= 15 is 0 Å². The molecule has 0 saturated heterocycles. The topological polar surface area (TPSA) is 101 Å². The number of benzene rings is 1. The number of aromatic amines is 1. The Kier molecular flexibility index (Phi) is 5.23. The highest BCUT2D eigenvalue weighted by Gasteiger charge is 2.11. The lowest BCUT2D eigenvalue weighted by atomic mass is 10.2. The van der Waals surface area contributed by atoms with Crippen molar-refractivity contribution in [2.75, 3.05) is 5.32 Å². The molecule has 4 rings (SSSR count). The van der Waals surface area contributed by atoms with Crippen molar-refractivity contribution in [2.45, 2.75) is 19.5 Å². The molecule has 28 heavy (non-hydrogen) atoms. The maximum Gasteiger partial charge on any atom is 0.278 e. The van der Waals surface area contributed by atoms with Crippen LogP contribution in [0.25, 0.3) is 11.0 Å². The molecule has 3 aromatic heterocycles. The molecule has 142 valence electrons. The molecule has 0 unspecified atom stereocenters. The Balaban J connectivity index is 1.51. The Hall–Kier alpha value is -2.97. The highest BCUT2D eigenvalue weighted by molar-refractivity contribution is 6.42. The molecule has 0 fully saturated rings. The molecule has 0 radical (unpaired) electrons. The summed E-state index contributed by atoms with van der Waals surface area (Å²) in [5, 5.41) is 8.32. The summed E-state index contributed by atoms with van der Waals surface area (Å²) in [5.41, 5.74) is 1.56. The van der Waals surface area contributed by atoms with Crippen LogP contribution in [-0.2, 0) is 19.5 Å². The molecule has 0 spiro atoms. The Morgan fingerprint density at radius 1 is 1.14 bits per heavy atom. The van der Waals surface area contributed by atoms with Gasteiger partial charge in [0.05, 0.1) is 16.2 Å². The van der Waals surface area contributed by atoms with E-state index in [-0.39, 0.29) is 5.56 Å². The van der Waals surface area contributed by atoms with Crippen LogP contribution in [0.1, 0.15) is 11.4 Å². The van der Waals surface area contributed by atoms with Gasteiger partial charge in [0, 0.05) is 31.9 Å². The van der Waals surface area contributed by atoms with Crippen LogP contribution in [0.5, 0.6) is 0 Å². The van der Waals surface area contributed by atoms with E-state index < -0.39 is 0 Å². The number of hydrogen-bond acceptors (Lipinski definition) is 6. The average Bonchev–Trinajstić information content (AvgIpc) is 3.12. The first-order valence-electron chi connectivity index (χ1n) is 8.49. The van der Waals surface area contributed by atoms with Crippen molar-refractivity contribution in [3.63, 3.8) is 0 Å². The fourth-order valence-corrected chi connectivity index (χ4v) is 3.08. The number of halogens is 2. The number of nitrogens with zero attached hydrogens (tertiary/aromatic N) is 5. The van der Waals surface area contributed by atoms with Gasteiger partial charge in [0.2, 0.25) is 5.95 Å². The summed E-state index contributed by atoms with van der Waals surface area (Å²) >= 11 is 11.9. The molecule has 0 atom stereocenters. The van der Waals surface area contributed by atoms with Gasteiger partial charge in [-0.05, 0) is 23.8 Å². The van der Waals surface area contributed by atoms with Gasteiger partial charge < -0.3 is 5.32 Å². The van der Waals surface area contributed by atoms with E-state index in [9.17, 15) is 4.79 Å². The number of rotatable bonds is 6. The summed E-state index contributed by atoms with van der Waals surface area (Å²) in [6, 6.07) is 7.09. The first kappa shape index (κ1) is 18.4. The van der Waals surface area contributed by atoms with Crippen LogP contribution >= 0.6 is 23.2 Å². The fraction of sp³-hybridized carbons (Fsp3) is 0.167. The van der Waals surface area contributed by atoms with Gasteiger partial charge in [0.25, 0.3) is 5.56 Å². The molecule has 1 aromatic carbocycles. The summed E-state index contributed by atoms with van der Waals surface area (Å²) in [7, 11) is 0. The van der Waals surface area contributed by atoms with Crippen molar-refractivity contribution in [1.29, 1.82) is 0 Å². The van der Waals surface area contributed by atoms with Crippen molar-refractivity contribution in [3.05, 3.63) is 74.6 Å². The van der Waals surface area contributed by atoms with E-state index in [0.717, 1.165) is 5.56 Å². The first-order chi connectivity index (χ1) is 13.6. The van der Waals surface area contributed by atoms with Gasteiger partial charge in [-0.25, -0.2) is 15.0 Å². The molecule has 0 bridgehead atoms. The number of H-pyrrole nitrogens is 1. The van der Waals surface area contributed by atoms with E-state index in [1.165, 1.54) is 0 Å². The second kappa shape index (κ2) is 7.95. The third kappa shape index (κ3) is 3.97. The maximum absolute atomic E-state index is 12.5. The minimum atomic E-state index is -0.270. The lowest BCUT2D eigenvalue weighted by Gasteiger charge is -2.07. The molecule has 10 heteroatoms.